The third-order valence-electron chi connectivity index (χ3n) is 3.26. The number of nitrogens with one attached hydrogen (secondary N) is 1. The molecule has 1 aliphatic rings. The largest absolute Gasteiger partial charge is 0.388 e. The highest BCUT2D eigenvalue weighted by atomic mass is 32.2. The van der Waals surface area contributed by atoms with Gasteiger partial charge in [0.1, 0.15) is 0 Å². The fraction of sp³-hybridized carbons (Fsp3) is 1.00. The van der Waals surface area contributed by atoms with Gasteiger partial charge in [-0.05, 0) is 6.92 Å². The molecule has 2 N–H and O–H groups in total. The summed E-state index contributed by atoms with van der Waals surface area (Å²) in [6.45, 7) is 9.35. The zero-order valence-corrected chi connectivity index (χ0v) is 13.2. The van der Waals surface area contributed by atoms with Crippen LogP contribution < -0.4 is 5.32 Å². The second kappa shape index (κ2) is 6.49. The first-order chi connectivity index (χ1) is 8.60. The average molecular weight is 293 g/mol. The fourth-order valence-electron chi connectivity index (χ4n) is 2.18. The molecule has 1 unspecified atom stereocenters. The quantitative estimate of drug-likeness (QED) is 0.678. The number of sulfonamides is 1. The van der Waals surface area contributed by atoms with Gasteiger partial charge in [0.25, 0.3) is 0 Å². The van der Waals surface area contributed by atoms with Gasteiger partial charge >= 0.3 is 0 Å². The zero-order chi connectivity index (χ0) is 14.7. The molecule has 6 nitrogen and oxygen atoms in total. The highest BCUT2D eigenvalue weighted by molar-refractivity contribution is 7.88. The number of piperazine rings is 1. The monoisotopic (exact) mass is 293 g/mol. The Bertz CT molecular complexity index is 374. The molecule has 0 saturated carbocycles. The predicted molar refractivity (Wildman–Crippen MR) is 76.6 cm³/mol. The van der Waals surface area contributed by atoms with Crippen LogP contribution in [0.3, 0.4) is 0 Å². The van der Waals surface area contributed by atoms with Crippen LogP contribution in [0.4, 0.5) is 0 Å². The second-order valence-electron chi connectivity index (χ2n) is 5.97. The Morgan fingerprint density at radius 2 is 1.79 bits per heavy atom. The van der Waals surface area contributed by atoms with Crippen molar-refractivity contribution in [2.45, 2.75) is 32.4 Å². The Hall–Kier alpha value is -0.210. The van der Waals surface area contributed by atoms with E-state index in [-0.39, 0.29) is 0 Å². The Morgan fingerprint density at radius 3 is 2.21 bits per heavy atom. The van der Waals surface area contributed by atoms with Crippen molar-refractivity contribution in [1.82, 2.24) is 14.5 Å². The molecule has 1 fully saturated rings. The van der Waals surface area contributed by atoms with E-state index >= 15 is 0 Å². The van der Waals surface area contributed by atoms with E-state index in [4.69, 9.17) is 0 Å². The summed E-state index contributed by atoms with van der Waals surface area (Å²) in [7, 11) is -3.08. The van der Waals surface area contributed by atoms with Crippen LogP contribution in [-0.2, 0) is 10.0 Å². The third kappa shape index (κ3) is 6.18. The van der Waals surface area contributed by atoms with Crippen molar-refractivity contribution < 1.29 is 13.5 Å². The molecule has 0 aliphatic carbocycles. The SMILES string of the molecule is CC(C)NCC(C)(O)CN1CCN(S(C)(=O)=O)CC1. The van der Waals surface area contributed by atoms with Gasteiger partial charge in [-0.1, -0.05) is 13.8 Å². The lowest BCUT2D eigenvalue weighted by Gasteiger charge is -2.37. The Balaban J connectivity index is 2.40. The van der Waals surface area contributed by atoms with Crippen molar-refractivity contribution in [3.63, 3.8) is 0 Å². The zero-order valence-electron chi connectivity index (χ0n) is 12.4. The lowest BCUT2D eigenvalue weighted by Crippen LogP contribution is -2.54. The van der Waals surface area contributed by atoms with Crippen LogP contribution in [0.1, 0.15) is 20.8 Å². The molecule has 1 aliphatic heterocycles. The van der Waals surface area contributed by atoms with Crippen molar-refractivity contribution in [3.05, 3.63) is 0 Å². The maximum absolute atomic E-state index is 11.4. The van der Waals surface area contributed by atoms with E-state index in [9.17, 15) is 13.5 Å². The topological polar surface area (TPSA) is 72.9 Å². The molecule has 19 heavy (non-hydrogen) atoms. The summed E-state index contributed by atoms with van der Waals surface area (Å²) in [4.78, 5) is 2.11. The van der Waals surface area contributed by atoms with Gasteiger partial charge in [-0.25, -0.2) is 8.42 Å². The van der Waals surface area contributed by atoms with E-state index < -0.39 is 15.6 Å². The molecule has 114 valence electrons. The molecular formula is C12H27N3O3S. The molecule has 1 atom stereocenters. The van der Waals surface area contributed by atoms with E-state index in [1.807, 2.05) is 20.8 Å². The van der Waals surface area contributed by atoms with Crippen LogP contribution >= 0.6 is 0 Å². The first kappa shape index (κ1) is 16.8. The van der Waals surface area contributed by atoms with E-state index in [2.05, 4.69) is 10.2 Å². The van der Waals surface area contributed by atoms with Gasteiger partial charge in [-0.15, -0.1) is 0 Å². The number of aliphatic hydroxyl groups is 1. The number of β-amino-alcohol motifs (C(OH)–C–C–N with tert-alkyl or cyclic N) is 1. The summed E-state index contributed by atoms with van der Waals surface area (Å²) in [6, 6.07) is 0.341. The first-order valence-electron chi connectivity index (χ1n) is 6.73. The second-order valence-corrected chi connectivity index (χ2v) is 7.95. The van der Waals surface area contributed by atoms with Crippen LogP contribution in [-0.4, -0.2) is 79.9 Å². The molecule has 1 rings (SSSR count). The van der Waals surface area contributed by atoms with E-state index in [0.29, 0.717) is 45.3 Å². The van der Waals surface area contributed by atoms with Crippen LogP contribution in [0.25, 0.3) is 0 Å². The van der Waals surface area contributed by atoms with Crippen molar-refractivity contribution in [3.8, 4) is 0 Å². The fourth-order valence-corrected chi connectivity index (χ4v) is 3.01. The summed E-state index contributed by atoms with van der Waals surface area (Å²) >= 11 is 0. The van der Waals surface area contributed by atoms with Crippen LogP contribution in [0, 0.1) is 0 Å². The molecule has 1 heterocycles. The summed E-state index contributed by atoms with van der Waals surface area (Å²) in [5, 5.41) is 13.5. The Morgan fingerprint density at radius 1 is 1.26 bits per heavy atom. The first-order valence-corrected chi connectivity index (χ1v) is 8.58. The number of hydrogen-bond donors (Lipinski definition) is 2. The number of nitrogens with zero attached hydrogens (tertiary/aromatic N) is 2. The van der Waals surface area contributed by atoms with Crippen LogP contribution in [0.15, 0.2) is 0 Å². The van der Waals surface area contributed by atoms with Gasteiger partial charge < -0.3 is 10.4 Å². The minimum Gasteiger partial charge on any atom is -0.388 e. The summed E-state index contributed by atoms with van der Waals surface area (Å²) in [5.41, 5.74) is -0.794. The van der Waals surface area contributed by atoms with Gasteiger partial charge in [0, 0.05) is 45.3 Å². The van der Waals surface area contributed by atoms with Gasteiger partial charge in [0.2, 0.25) is 10.0 Å². The standard InChI is InChI=1S/C12H27N3O3S/c1-11(2)13-9-12(3,16)10-14-5-7-15(8-6-14)19(4,17)18/h11,13,16H,5-10H2,1-4H3. The molecular weight excluding hydrogens is 266 g/mol. The minimum atomic E-state index is -3.08. The lowest BCUT2D eigenvalue weighted by atomic mass is 10.1. The normalized spacial score (nSPS) is 22.6. The molecule has 0 bridgehead atoms. The van der Waals surface area contributed by atoms with Crippen LogP contribution in [0.5, 0.6) is 0 Å². The summed E-state index contributed by atoms with van der Waals surface area (Å²) < 4.78 is 24.3. The maximum atomic E-state index is 11.4. The average Bonchev–Trinajstić information content (AvgIpc) is 2.25. The highest BCUT2D eigenvalue weighted by Crippen LogP contribution is 2.11. The maximum Gasteiger partial charge on any atom is 0.211 e. The summed E-state index contributed by atoms with van der Waals surface area (Å²) in [6.07, 6.45) is 1.24. The summed E-state index contributed by atoms with van der Waals surface area (Å²) in [5.74, 6) is 0. The van der Waals surface area contributed by atoms with E-state index in [1.54, 1.807) is 0 Å². The molecule has 0 aromatic carbocycles. The van der Waals surface area contributed by atoms with Crippen molar-refractivity contribution in [1.29, 1.82) is 0 Å². The van der Waals surface area contributed by atoms with Crippen LogP contribution in [0.2, 0.25) is 0 Å². The molecule has 0 spiro atoms. The Kier molecular flexibility index (Phi) is 5.76. The molecule has 7 heteroatoms. The van der Waals surface area contributed by atoms with Crippen molar-refractivity contribution in [2.24, 2.45) is 0 Å². The number of hydrogen-bond acceptors (Lipinski definition) is 5. The molecule has 0 radical (unpaired) electrons. The molecule has 0 aromatic rings. The predicted octanol–water partition coefficient (Wildman–Crippen LogP) is -0.687. The number of rotatable bonds is 6. The van der Waals surface area contributed by atoms with Crippen molar-refractivity contribution in [2.75, 3.05) is 45.5 Å². The van der Waals surface area contributed by atoms with Gasteiger partial charge in [-0.2, -0.15) is 4.31 Å². The smallest absolute Gasteiger partial charge is 0.211 e. The molecule has 0 aromatic heterocycles. The third-order valence-corrected chi connectivity index (χ3v) is 4.56. The molecule has 1 saturated heterocycles. The lowest BCUT2D eigenvalue weighted by molar-refractivity contribution is 0.0104. The van der Waals surface area contributed by atoms with Gasteiger partial charge in [0.05, 0.1) is 11.9 Å². The Labute approximate surface area is 116 Å². The highest BCUT2D eigenvalue weighted by Gasteiger charge is 2.28. The minimum absolute atomic E-state index is 0.341. The van der Waals surface area contributed by atoms with Gasteiger partial charge in [-0.3, -0.25) is 4.90 Å². The van der Waals surface area contributed by atoms with E-state index in [1.165, 1.54) is 10.6 Å². The van der Waals surface area contributed by atoms with Crippen molar-refractivity contribution >= 4 is 10.0 Å². The van der Waals surface area contributed by atoms with E-state index in [0.717, 1.165) is 0 Å². The van der Waals surface area contributed by atoms with Gasteiger partial charge in [0.15, 0.2) is 0 Å². The molecule has 0 amide bonds.